The molecule has 5 heteroatoms. The monoisotopic (exact) mass is 356 g/mol. The van der Waals surface area contributed by atoms with Crippen LogP contribution in [0, 0.1) is 0 Å². The number of amides is 2. The summed E-state index contributed by atoms with van der Waals surface area (Å²) in [4.78, 5) is 30.5. The van der Waals surface area contributed by atoms with Crippen molar-refractivity contribution in [2.45, 2.75) is 0 Å². The lowest BCUT2D eigenvalue weighted by Gasteiger charge is -2.11. The van der Waals surface area contributed by atoms with Gasteiger partial charge in [0.2, 0.25) is 0 Å². The van der Waals surface area contributed by atoms with E-state index in [0.717, 1.165) is 32.3 Å². The molecule has 0 saturated heterocycles. The maximum absolute atomic E-state index is 13.0. The van der Waals surface area contributed by atoms with Gasteiger partial charge in [-0.1, -0.05) is 48.5 Å². The number of hydrogen-bond acceptors (Lipinski definition) is 3. The fourth-order valence-electron chi connectivity index (χ4n) is 3.93. The molecule has 1 aliphatic heterocycles. The zero-order valence-corrected chi connectivity index (χ0v) is 14.4. The molecular formula is C22H16N2O3. The zero-order chi connectivity index (χ0) is 18.5. The number of aliphatic hydroxyl groups excluding tert-OH is 1. The molecule has 0 bridgehead atoms. The zero-order valence-electron chi connectivity index (χ0n) is 14.4. The summed E-state index contributed by atoms with van der Waals surface area (Å²) in [5.41, 5.74) is 4.00. The average molecular weight is 356 g/mol. The maximum Gasteiger partial charge on any atom is 0.263 e. The molecular weight excluding hydrogens is 340 g/mol. The van der Waals surface area contributed by atoms with Gasteiger partial charge in [0.05, 0.1) is 29.8 Å². The van der Waals surface area contributed by atoms with Gasteiger partial charge in [-0.05, 0) is 23.3 Å². The first-order valence-corrected chi connectivity index (χ1v) is 8.80. The van der Waals surface area contributed by atoms with Crippen molar-refractivity contribution in [3.8, 4) is 11.1 Å². The number of benzene rings is 3. The minimum atomic E-state index is -0.363. The smallest absolute Gasteiger partial charge is 0.263 e. The molecule has 27 heavy (non-hydrogen) atoms. The van der Waals surface area contributed by atoms with Crippen LogP contribution in [0.5, 0.6) is 0 Å². The molecule has 5 nitrogen and oxygen atoms in total. The van der Waals surface area contributed by atoms with E-state index in [1.54, 1.807) is 0 Å². The molecule has 1 aliphatic rings. The number of rotatable bonds is 3. The molecule has 2 amide bonds. The van der Waals surface area contributed by atoms with Crippen LogP contribution in [-0.4, -0.2) is 40.0 Å². The number of aliphatic hydroxyl groups is 1. The minimum Gasteiger partial charge on any atom is -0.395 e. The predicted molar refractivity (Wildman–Crippen MR) is 104 cm³/mol. The van der Waals surface area contributed by atoms with Crippen LogP contribution in [0.2, 0.25) is 0 Å². The third kappa shape index (κ3) is 2.15. The van der Waals surface area contributed by atoms with Gasteiger partial charge in [-0.15, -0.1) is 0 Å². The van der Waals surface area contributed by atoms with E-state index < -0.39 is 0 Å². The number of fused-ring (bicyclic) bond motifs is 5. The summed E-state index contributed by atoms with van der Waals surface area (Å²) < 4.78 is 0. The van der Waals surface area contributed by atoms with Crippen molar-refractivity contribution in [1.82, 2.24) is 9.88 Å². The topological polar surface area (TPSA) is 73.4 Å². The summed E-state index contributed by atoms with van der Waals surface area (Å²) in [6.07, 6.45) is 0. The Labute approximate surface area is 154 Å². The molecule has 2 N–H and O–H groups in total. The van der Waals surface area contributed by atoms with Gasteiger partial charge in [0.1, 0.15) is 0 Å². The van der Waals surface area contributed by atoms with Crippen LogP contribution in [0.1, 0.15) is 20.7 Å². The normalized spacial score (nSPS) is 13.7. The van der Waals surface area contributed by atoms with Crippen LogP contribution >= 0.6 is 0 Å². The van der Waals surface area contributed by atoms with Gasteiger partial charge in [-0.2, -0.15) is 0 Å². The van der Waals surface area contributed by atoms with Crippen molar-refractivity contribution in [3.05, 3.63) is 71.8 Å². The minimum absolute atomic E-state index is 0.0116. The van der Waals surface area contributed by atoms with Crippen LogP contribution in [-0.2, 0) is 0 Å². The Morgan fingerprint density at radius 2 is 1.56 bits per heavy atom. The van der Waals surface area contributed by atoms with Gasteiger partial charge in [0.15, 0.2) is 0 Å². The average Bonchev–Trinajstić information content (AvgIpc) is 3.19. The molecule has 0 atom stereocenters. The van der Waals surface area contributed by atoms with Crippen LogP contribution in [0.4, 0.5) is 0 Å². The number of carbonyl (C=O) groups excluding carboxylic acids is 2. The summed E-state index contributed by atoms with van der Waals surface area (Å²) in [6, 6.07) is 19.4. The highest BCUT2D eigenvalue weighted by Crippen LogP contribution is 2.40. The lowest BCUT2D eigenvalue weighted by atomic mass is 9.93. The summed E-state index contributed by atoms with van der Waals surface area (Å²) in [6.45, 7) is -0.274. The molecule has 0 radical (unpaired) electrons. The van der Waals surface area contributed by atoms with Crippen molar-refractivity contribution >= 4 is 33.6 Å². The first-order chi connectivity index (χ1) is 13.2. The summed E-state index contributed by atoms with van der Waals surface area (Å²) in [5.74, 6) is -0.721. The van der Waals surface area contributed by atoms with E-state index in [0.29, 0.717) is 16.6 Å². The highest BCUT2D eigenvalue weighted by molar-refractivity contribution is 6.30. The van der Waals surface area contributed by atoms with Crippen molar-refractivity contribution in [2.24, 2.45) is 0 Å². The Hall–Kier alpha value is -3.44. The molecule has 132 valence electrons. The fourth-order valence-corrected chi connectivity index (χ4v) is 3.93. The number of H-pyrrole nitrogens is 1. The predicted octanol–water partition coefficient (Wildman–Crippen LogP) is 3.58. The highest BCUT2D eigenvalue weighted by Gasteiger charge is 2.39. The van der Waals surface area contributed by atoms with Gasteiger partial charge in [0, 0.05) is 16.3 Å². The molecule has 4 aromatic rings. The van der Waals surface area contributed by atoms with E-state index in [4.69, 9.17) is 0 Å². The molecule has 3 aromatic carbocycles. The second-order valence-corrected chi connectivity index (χ2v) is 6.62. The molecule has 0 unspecified atom stereocenters. The third-order valence-electron chi connectivity index (χ3n) is 5.13. The Kier molecular flexibility index (Phi) is 3.39. The quantitative estimate of drug-likeness (QED) is 0.551. The Morgan fingerprint density at radius 3 is 2.33 bits per heavy atom. The second-order valence-electron chi connectivity index (χ2n) is 6.62. The van der Waals surface area contributed by atoms with Gasteiger partial charge in [-0.3, -0.25) is 14.5 Å². The SMILES string of the molecule is O=C1c2c(-c3ccccc3)cc3c([nH]c4ccccc43)c2C(=O)N1CCO. The van der Waals surface area contributed by atoms with Gasteiger partial charge in [0.25, 0.3) is 11.8 Å². The first kappa shape index (κ1) is 15.8. The lowest BCUT2D eigenvalue weighted by molar-refractivity contribution is 0.0625. The standard InChI is InChI=1S/C22H16N2O3/c25-11-10-24-21(26)18-15(13-6-2-1-3-7-13)12-16-14-8-4-5-9-17(14)23-20(16)19(18)22(24)27/h1-9,12,23,25H,10-11H2. The molecule has 0 aliphatic carbocycles. The molecule has 0 spiro atoms. The second kappa shape index (κ2) is 5.79. The Balaban J connectivity index is 1.92. The van der Waals surface area contributed by atoms with E-state index in [1.165, 1.54) is 0 Å². The van der Waals surface area contributed by atoms with Crippen LogP contribution in [0.3, 0.4) is 0 Å². The Morgan fingerprint density at radius 1 is 0.852 bits per heavy atom. The summed E-state index contributed by atoms with van der Waals surface area (Å²) in [7, 11) is 0. The Bertz CT molecular complexity index is 1220. The number of nitrogens with zero attached hydrogens (tertiary/aromatic N) is 1. The number of nitrogens with one attached hydrogen (secondary N) is 1. The van der Waals surface area contributed by atoms with Crippen LogP contribution in [0.25, 0.3) is 32.9 Å². The number of para-hydroxylation sites is 1. The van der Waals surface area contributed by atoms with Gasteiger partial charge < -0.3 is 10.1 Å². The number of imide groups is 1. The van der Waals surface area contributed by atoms with E-state index in [9.17, 15) is 14.7 Å². The van der Waals surface area contributed by atoms with E-state index >= 15 is 0 Å². The van der Waals surface area contributed by atoms with Crippen molar-refractivity contribution in [1.29, 1.82) is 0 Å². The highest BCUT2D eigenvalue weighted by atomic mass is 16.3. The number of carbonyl (C=O) groups is 2. The molecule has 0 saturated carbocycles. The number of aromatic nitrogens is 1. The van der Waals surface area contributed by atoms with E-state index in [2.05, 4.69) is 4.98 Å². The molecule has 1 aromatic heterocycles. The summed E-state index contributed by atoms with van der Waals surface area (Å²) in [5, 5.41) is 11.2. The molecule has 5 rings (SSSR count). The number of β-amino-alcohol motifs (C(OH)–C–C–N with tert-alkyl or cyclic N) is 1. The third-order valence-corrected chi connectivity index (χ3v) is 5.13. The lowest BCUT2D eigenvalue weighted by Crippen LogP contribution is -2.32. The molecule has 2 heterocycles. The van der Waals surface area contributed by atoms with Crippen LogP contribution in [0.15, 0.2) is 60.7 Å². The summed E-state index contributed by atoms with van der Waals surface area (Å²) >= 11 is 0. The molecule has 0 fully saturated rings. The fraction of sp³-hybridized carbons (Fsp3) is 0.0909. The van der Waals surface area contributed by atoms with E-state index in [-0.39, 0.29) is 25.0 Å². The maximum atomic E-state index is 13.0. The van der Waals surface area contributed by atoms with E-state index in [1.807, 2.05) is 60.7 Å². The largest absolute Gasteiger partial charge is 0.395 e. The number of aromatic amines is 1. The van der Waals surface area contributed by atoms with Crippen molar-refractivity contribution < 1.29 is 14.7 Å². The first-order valence-electron chi connectivity index (χ1n) is 8.80. The van der Waals surface area contributed by atoms with Gasteiger partial charge >= 0.3 is 0 Å². The number of hydrogen-bond donors (Lipinski definition) is 2. The van der Waals surface area contributed by atoms with Gasteiger partial charge in [-0.25, -0.2) is 0 Å². The van der Waals surface area contributed by atoms with Crippen molar-refractivity contribution in [3.63, 3.8) is 0 Å². The van der Waals surface area contributed by atoms with Crippen molar-refractivity contribution in [2.75, 3.05) is 13.2 Å². The van der Waals surface area contributed by atoms with Crippen LogP contribution < -0.4 is 0 Å².